The van der Waals surface area contributed by atoms with Crippen molar-refractivity contribution in [2.75, 3.05) is 7.11 Å². The molecule has 1 rings (SSSR count). The summed E-state index contributed by atoms with van der Waals surface area (Å²) in [6.45, 7) is 1.88. The van der Waals surface area contributed by atoms with Gasteiger partial charge in [0.1, 0.15) is 12.1 Å². The molecule has 4 heteroatoms. The Labute approximate surface area is 91.1 Å². The average Bonchev–Trinajstić information content (AvgIpc) is 2.28. The summed E-state index contributed by atoms with van der Waals surface area (Å²) in [6, 6.07) is -0.479. The van der Waals surface area contributed by atoms with Gasteiger partial charge in [-0.1, -0.05) is 6.92 Å². The van der Waals surface area contributed by atoms with Crippen LogP contribution in [-0.2, 0) is 14.3 Å². The predicted molar refractivity (Wildman–Crippen MR) is 57.4 cm³/mol. The fraction of sp³-hybridized carbons (Fsp3) is 0.909. The minimum absolute atomic E-state index is 0.00574. The van der Waals surface area contributed by atoms with E-state index in [0.717, 1.165) is 25.7 Å². The van der Waals surface area contributed by atoms with Crippen molar-refractivity contribution in [3.63, 3.8) is 0 Å². The minimum Gasteiger partial charge on any atom is -0.461 e. The molecule has 0 bridgehead atoms. The maximum Gasteiger partial charge on any atom is 0.323 e. The van der Waals surface area contributed by atoms with Crippen molar-refractivity contribution in [3.8, 4) is 0 Å². The van der Waals surface area contributed by atoms with Gasteiger partial charge in [0.05, 0.1) is 6.10 Å². The Hall–Kier alpha value is -0.610. The molecule has 1 fully saturated rings. The number of methoxy groups -OCH3 is 1. The fourth-order valence-corrected chi connectivity index (χ4v) is 1.84. The van der Waals surface area contributed by atoms with E-state index >= 15 is 0 Å². The molecule has 1 saturated carbocycles. The second kappa shape index (κ2) is 6.08. The summed E-state index contributed by atoms with van der Waals surface area (Å²) in [5.74, 6) is -0.278. The number of esters is 1. The summed E-state index contributed by atoms with van der Waals surface area (Å²) in [6.07, 6.45) is 4.70. The third-order valence-electron chi connectivity index (χ3n) is 2.94. The molecule has 88 valence electrons. The Morgan fingerprint density at radius 1 is 1.47 bits per heavy atom. The standard InChI is InChI=1S/C11H21NO3/c1-3-10(12)11(13)15-9-6-4-5-8(7-9)14-2/h8-10H,3-7,12H2,1-2H3/t8?,9?,10-/m1/s1. The van der Waals surface area contributed by atoms with Crippen LogP contribution in [0.4, 0.5) is 0 Å². The Balaban J connectivity index is 2.34. The Kier molecular flexibility index (Phi) is 5.05. The van der Waals surface area contributed by atoms with Gasteiger partial charge in [-0.15, -0.1) is 0 Å². The minimum atomic E-state index is -0.479. The molecular weight excluding hydrogens is 194 g/mol. The van der Waals surface area contributed by atoms with Crippen molar-refractivity contribution >= 4 is 5.97 Å². The van der Waals surface area contributed by atoms with Crippen molar-refractivity contribution in [2.45, 2.75) is 57.3 Å². The second-order valence-corrected chi connectivity index (χ2v) is 4.10. The Morgan fingerprint density at radius 3 is 2.73 bits per heavy atom. The lowest BCUT2D eigenvalue weighted by Gasteiger charge is -2.28. The third-order valence-corrected chi connectivity index (χ3v) is 2.94. The summed E-state index contributed by atoms with van der Waals surface area (Å²) >= 11 is 0. The normalized spacial score (nSPS) is 28.5. The van der Waals surface area contributed by atoms with Crippen LogP contribution in [0.5, 0.6) is 0 Å². The van der Waals surface area contributed by atoms with Crippen LogP contribution in [0.1, 0.15) is 39.0 Å². The fourth-order valence-electron chi connectivity index (χ4n) is 1.84. The van der Waals surface area contributed by atoms with Crippen molar-refractivity contribution in [2.24, 2.45) is 5.73 Å². The summed E-state index contributed by atoms with van der Waals surface area (Å²) in [5.41, 5.74) is 5.60. The van der Waals surface area contributed by atoms with E-state index in [2.05, 4.69) is 0 Å². The Bertz CT molecular complexity index is 208. The predicted octanol–water partition coefficient (Wildman–Crippen LogP) is 1.22. The molecule has 2 N–H and O–H groups in total. The van der Waals surface area contributed by atoms with Crippen LogP contribution in [0.2, 0.25) is 0 Å². The first-order valence-electron chi connectivity index (χ1n) is 5.66. The first-order valence-corrected chi connectivity index (χ1v) is 5.66. The molecule has 0 aliphatic heterocycles. The molecule has 1 aliphatic carbocycles. The maximum absolute atomic E-state index is 11.4. The lowest BCUT2D eigenvalue weighted by molar-refractivity contribution is -0.154. The number of rotatable bonds is 4. The van der Waals surface area contributed by atoms with E-state index in [1.54, 1.807) is 7.11 Å². The second-order valence-electron chi connectivity index (χ2n) is 4.10. The number of ether oxygens (including phenoxy) is 2. The van der Waals surface area contributed by atoms with Gasteiger partial charge in [0.25, 0.3) is 0 Å². The molecule has 0 amide bonds. The van der Waals surface area contributed by atoms with E-state index in [4.69, 9.17) is 15.2 Å². The highest BCUT2D eigenvalue weighted by molar-refractivity contribution is 5.75. The van der Waals surface area contributed by atoms with Crippen molar-refractivity contribution in [3.05, 3.63) is 0 Å². The largest absolute Gasteiger partial charge is 0.461 e. The van der Waals surface area contributed by atoms with Crippen LogP contribution < -0.4 is 5.73 Å². The molecule has 1 aliphatic rings. The van der Waals surface area contributed by atoms with Gasteiger partial charge in [-0.3, -0.25) is 4.79 Å². The van der Waals surface area contributed by atoms with Crippen LogP contribution in [0.3, 0.4) is 0 Å². The summed E-state index contributed by atoms with van der Waals surface area (Å²) in [7, 11) is 1.70. The molecule has 0 aromatic rings. The summed E-state index contributed by atoms with van der Waals surface area (Å²) in [5, 5.41) is 0. The first kappa shape index (κ1) is 12.5. The molecule has 3 atom stereocenters. The van der Waals surface area contributed by atoms with Gasteiger partial charge in [-0.2, -0.15) is 0 Å². The van der Waals surface area contributed by atoms with Crippen LogP contribution in [-0.4, -0.2) is 31.3 Å². The van der Waals surface area contributed by atoms with E-state index in [0.29, 0.717) is 6.42 Å². The zero-order valence-corrected chi connectivity index (χ0v) is 9.57. The summed E-state index contributed by atoms with van der Waals surface area (Å²) in [4.78, 5) is 11.4. The van der Waals surface area contributed by atoms with Gasteiger partial charge >= 0.3 is 5.97 Å². The molecule has 15 heavy (non-hydrogen) atoms. The molecule has 0 radical (unpaired) electrons. The number of nitrogens with two attached hydrogens (primary N) is 1. The van der Waals surface area contributed by atoms with Gasteiger partial charge in [0, 0.05) is 13.5 Å². The zero-order chi connectivity index (χ0) is 11.3. The molecule has 0 spiro atoms. The van der Waals surface area contributed by atoms with E-state index in [1.807, 2.05) is 6.92 Å². The number of carbonyl (C=O) groups is 1. The molecule has 2 unspecified atom stereocenters. The highest BCUT2D eigenvalue weighted by atomic mass is 16.5. The van der Waals surface area contributed by atoms with Gasteiger partial charge in [0.2, 0.25) is 0 Å². The number of hydrogen-bond donors (Lipinski definition) is 1. The molecule has 0 aromatic heterocycles. The first-order chi connectivity index (χ1) is 7.17. The van der Waals surface area contributed by atoms with E-state index < -0.39 is 6.04 Å². The summed E-state index contributed by atoms with van der Waals surface area (Å²) < 4.78 is 10.6. The van der Waals surface area contributed by atoms with Gasteiger partial charge in [-0.25, -0.2) is 0 Å². The highest BCUT2D eigenvalue weighted by Gasteiger charge is 2.26. The topological polar surface area (TPSA) is 61.6 Å². The van der Waals surface area contributed by atoms with Gasteiger partial charge in [-0.05, 0) is 25.7 Å². The van der Waals surface area contributed by atoms with Crippen molar-refractivity contribution in [1.82, 2.24) is 0 Å². The third kappa shape index (κ3) is 3.80. The monoisotopic (exact) mass is 215 g/mol. The lowest BCUT2D eigenvalue weighted by atomic mass is 9.95. The molecule has 0 aromatic carbocycles. The van der Waals surface area contributed by atoms with Crippen molar-refractivity contribution < 1.29 is 14.3 Å². The SMILES string of the molecule is CC[C@@H](N)C(=O)OC1CCCC(OC)C1. The van der Waals surface area contributed by atoms with E-state index in [1.165, 1.54) is 0 Å². The number of carbonyl (C=O) groups excluding carboxylic acids is 1. The van der Waals surface area contributed by atoms with Crippen LogP contribution in [0.15, 0.2) is 0 Å². The van der Waals surface area contributed by atoms with E-state index in [-0.39, 0.29) is 18.2 Å². The highest BCUT2D eigenvalue weighted by Crippen LogP contribution is 2.23. The van der Waals surface area contributed by atoms with Crippen LogP contribution in [0.25, 0.3) is 0 Å². The zero-order valence-electron chi connectivity index (χ0n) is 9.57. The number of hydrogen-bond acceptors (Lipinski definition) is 4. The van der Waals surface area contributed by atoms with Crippen LogP contribution >= 0.6 is 0 Å². The van der Waals surface area contributed by atoms with Crippen molar-refractivity contribution in [1.29, 1.82) is 0 Å². The Morgan fingerprint density at radius 2 is 2.13 bits per heavy atom. The van der Waals surface area contributed by atoms with E-state index in [9.17, 15) is 4.79 Å². The lowest BCUT2D eigenvalue weighted by Crippen LogP contribution is -2.37. The molecular formula is C11H21NO3. The molecule has 0 heterocycles. The smallest absolute Gasteiger partial charge is 0.323 e. The molecule has 0 saturated heterocycles. The maximum atomic E-state index is 11.4. The van der Waals surface area contributed by atoms with Gasteiger partial charge < -0.3 is 15.2 Å². The van der Waals surface area contributed by atoms with Gasteiger partial charge in [0.15, 0.2) is 0 Å². The average molecular weight is 215 g/mol. The van der Waals surface area contributed by atoms with Crippen LogP contribution in [0, 0.1) is 0 Å². The quantitative estimate of drug-likeness (QED) is 0.716. The molecule has 4 nitrogen and oxygen atoms in total.